The summed E-state index contributed by atoms with van der Waals surface area (Å²) < 4.78 is -1.28. The lowest BCUT2D eigenvalue weighted by Crippen LogP contribution is -2.80. The molecule has 38 heavy (non-hydrogen) atoms. The third-order valence-electron chi connectivity index (χ3n) is 6.93. The fourth-order valence-electron chi connectivity index (χ4n) is 4.99. The van der Waals surface area contributed by atoms with E-state index in [2.05, 4.69) is 10.6 Å². The first-order valence-corrected chi connectivity index (χ1v) is 13.4. The van der Waals surface area contributed by atoms with Gasteiger partial charge in [-0.05, 0) is 32.2 Å². The summed E-state index contributed by atoms with van der Waals surface area (Å²) in [6.07, 6.45) is 0.582. The first kappa shape index (κ1) is 27.4. The van der Waals surface area contributed by atoms with E-state index >= 15 is 0 Å². The van der Waals surface area contributed by atoms with E-state index in [0.29, 0.717) is 11.3 Å². The molecule has 4 atom stereocenters. The number of thiophene rings is 1. The summed E-state index contributed by atoms with van der Waals surface area (Å²) in [6.45, 7) is 5.13. The third-order valence-corrected chi connectivity index (χ3v) is 9.47. The molecule has 4 heterocycles. The number of aliphatic carboxylic acids is 1. The number of nitrogens with one attached hydrogen (secondary N) is 2. The van der Waals surface area contributed by atoms with Crippen LogP contribution < -0.4 is 10.6 Å². The SMILES string of the molecule is CCN1CCN(N(C=O)C(C(=O)N[C@@]2(C(=O)O)N3C(=O)[C@@H](NC=O)[C@H]3SC2(C)C)c2cccs2)C(=O)C1=O. The molecule has 1 aromatic heterocycles. The highest BCUT2D eigenvalue weighted by molar-refractivity contribution is 8.01. The molecule has 3 saturated heterocycles. The zero-order valence-electron chi connectivity index (χ0n) is 20.7. The van der Waals surface area contributed by atoms with Crippen LogP contribution in [0.5, 0.6) is 0 Å². The van der Waals surface area contributed by atoms with Crippen LogP contribution in [0.1, 0.15) is 31.7 Å². The number of carbonyl (C=O) groups is 7. The van der Waals surface area contributed by atoms with E-state index < -0.39 is 57.5 Å². The molecule has 3 fully saturated rings. The van der Waals surface area contributed by atoms with Crippen molar-refractivity contribution in [2.45, 2.75) is 48.6 Å². The van der Waals surface area contributed by atoms with Crippen LogP contribution in [0.2, 0.25) is 0 Å². The van der Waals surface area contributed by atoms with Gasteiger partial charge >= 0.3 is 17.8 Å². The monoisotopic (exact) mass is 566 g/mol. The molecule has 0 aromatic carbocycles. The van der Waals surface area contributed by atoms with Gasteiger partial charge < -0.3 is 20.6 Å². The molecule has 0 aliphatic carbocycles. The zero-order chi connectivity index (χ0) is 28.0. The Morgan fingerprint density at radius 3 is 2.50 bits per heavy atom. The minimum atomic E-state index is -2.25. The van der Waals surface area contributed by atoms with Crippen molar-refractivity contribution < 1.29 is 38.7 Å². The van der Waals surface area contributed by atoms with Crippen molar-refractivity contribution in [2.24, 2.45) is 0 Å². The van der Waals surface area contributed by atoms with Crippen LogP contribution >= 0.6 is 23.1 Å². The van der Waals surface area contributed by atoms with Gasteiger partial charge in [0.05, 0.1) is 11.3 Å². The lowest BCUT2D eigenvalue weighted by Gasteiger charge is -2.50. The number of likely N-dealkylation sites (N-methyl/N-ethyl adjacent to an activating group) is 1. The summed E-state index contributed by atoms with van der Waals surface area (Å²) in [5.74, 6) is -5.04. The lowest BCUT2D eigenvalue weighted by molar-refractivity contribution is -0.181. The van der Waals surface area contributed by atoms with Gasteiger partial charge in [-0.25, -0.2) is 14.8 Å². The number of carbonyl (C=O) groups excluding carboxylic acids is 6. The van der Waals surface area contributed by atoms with Gasteiger partial charge in [-0.3, -0.25) is 33.7 Å². The molecule has 1 unspecified atom stereocenters. The van der Waals surface area contributed by atoms with Gasteiger partial charge in [0.1, 0.15) is 11.4 Å². The average Bonchev–Trinajstić information content (AvgIpc) is 3.46. The van der Waals surface area contributed by atoms with E-state index in [1.807, 2.05) is 0 Å². The third kappa shape index (κ3) is 3.89. The summed E-state index contributed by atoms with van der Waals surface area (Å²) >= 11 is 2.18. The summed E-state index contributed by atoms with van der Waals surface area (Å²) in [4.78, 5) is 90.9. The Hall–Kier alpha value is -3.66. The quantitative estimate of drug-likeness (QED) is 0.174. The topological polar surface area (TPSA) is 177 Å². The Balaban J connectivity index is 1.72. The van der Waals surface area contributed by atoms with E-state index in [1.54, 1.807) is 32.2 Å². The number of thioether (sulfide) groups is 1. The first-order valence-electron chi connectivity index (χ1n) is 11.6. The van der Waals surface area contributed by atoms with E-state index in [4.69, 9.17) is 0 Å². The molecule has 6 amide bonds. The van der Waals surface area contributed by atoms with Crippen molar-refractivity contribution in [2.75, 3.05) is 19.6 Å². The van der Waals surface area contributed by atoms with Gasteiger partial charge in [-0.15, -0.1) is 23.1 Å². The van der Waals surface area contributed by atoms with Crippen molar-refractivity contribution in [1.29, 1.82) is 0 Å². The van der Waals surface area contributed by atoms with Crippen LogP contribution in [-0.2, 0) is 33.6 Å². The van der Waals surface area contributed by atoms with Gasteiger partial charge in [0.25, 0.3) is 11.8 Å². The fourth-order valence-corrected chi connectivity index (χ4v) is 7.51. The van der Waals surface area contributed by atoms with Gasteiger partial charge in [0.15, 0.2) is 6.04 Å². The Bertz CT molecular complexity index is 1190. The highest BCUT2D eigenvalue weighted by Gasteiger charge is 2.74. The molecule has 0 spiro atoms. The second-order valence-corrected chi connectivity index (χ2v) is 11.9. The molecule has 1 aromatic rings. The smallest absolute Gasteiger partial charge is 0.352 e. The molecular formula is C22H26N6O8S2. The summed E-state index contributed by atoms with van der Waals surface area (Å²) in [5.41, 5.74) is -2.25. The van der Waals surface area contributed by atoms with Crippen molar-refractivity contribution in [1.82, 2.24) is 30.5 Å². The number of amides is 6. The standard InChI is InChI=1S/C22H26N6O8S2/c1-4-25-7-8-26(18(34)17(25)33)27(11-30)14(12-6-5-9-37-12)15(31)24-22(20(35)36)21(2,3)38-19-13(23-10-29)16(32)28(19)22/h5-6,9-11,13-14,19H,4,7-8H2,1-3H3,(H,23,29)(H,24,31)(H,35,36)/t13-,14?,19-,22+/m1/s1. The number of hydrazine groups is 1. The summed E-state index contributed by atoms with van der Waals surface area (Å²) in [7, 11) is 0. The largest absolute Gasteiger partial charge is 0.478 e. The van der Waals surface area contributed by atoms with E-state index in [9.17, 15) is 38.7 Å². The predicted molar refractivity (Wildman–Crippen MR) is 133 cm³/mol. The fraction of sp³-hybridized carbons (Fsp3) is 0.500. The Morgan fingerprint density at radius 2 is 1.95 bits per heavy atom. The van der Waals surface area contributed by atoms with Crippen molar-refractivity contribution in [3.63, 3.8) is 0 Å². The van der Waals surface area contributed by atoms with E-state index in [0.717, 1.165) is 38.0 Å². The Kier molecular flexibility index (Phi) is 7.13. The zero-order valence-corrected chi connectivity index (χ0v) is 22.3. The summed E-state index contributed by atoms with van der Waals surface area (Å²) in [6, 6.07) is 0.656. The van der Waals surface area contributed by atoms with Crippen LogP contribution in [0.3, 0.4) is 0 Å². The first-order chi connectivity index (χ1) is 18.0. The molecule has 0 radical (unpaired) electrons. The van der Waals surface area contributed by atoms with Crippen molar-refractivity contribution in [3.05, 3.63) is 22.4 Å². The highest BCUT2D eigenvalue weighted by Crippen LogP contribution is 2.55. The number of piperazine rings is 1. The maximum absolute atomic E-state index is 13.9. The molecule has 3 aliphatic rings. The molecule has 16 heteroatoms. The second-order valence-electron chi connectivity index (χ2n) is 9.21. The number of hydrogen-bond donors (Lipinski definition) is 3. The Labute approximate surface area is 225 Å². The number of carboxylic acid groups (broad SMARTS) is 1. The Morgan fingerprint density at radius 1 is 1.24 bits per heavy atom. The minimum absolute atomic E-state index is 0.0660. The maximum atomic E-state index is 13.9. The molecule has 0 bridgehead atoms. The van der Waals surface area contributed by atoms with Crippen LogP contribution in [0.25, 0.3) is 0 Å². The van der Waals surface area contributed by atoms with E-state index in [1.165, 1.54) is 11.0 Å². The van der Waals surface area contributed by atoms with Crippen LogP contribution in [-0.4, -0.2) is 109 Å². The number of carboxylic acids is 1. The van der Waals surface area contributed by atoms with Gasteiger partial charge in [-0.1, -0.05) is 6.07 Å². The molecule has 3 N–H and O–H groups in total. The highest BCUT2D eigenvalue weighted by atomic mass is 32.2. The van der Waals surface area contributed by atoms with Crippen LogP contribution in [0, 0.1) is 0 Å². The van der Waals surface area contributed by atoms with Crippen LogP contribution in [0.4, 0.5) is 0 Å². The normalized spacial score (nSPS) is 26.8. The van der Waals surface area contributed by atoms with Gasteiger partial charge in [0, 0.05) is 18.0 Å². The number of rotatable bonds is 10. The molecule has 4 rings (SSSR count). The molecule has 204 valence electrons. The van der Waals surface area contributed by atoms with Crippen LogP contribution in [0.15, 0.2) is 17.5 Å². The lowest BCUT2D eigenvalue weighted by atomic mass is 9.88. The summed E-state index contributed by atoms with van der Waals surface area (Å²) in [5, 5.41) is 17.8. The molecular weight excluding hydrogens is 540 g/mol. The maximum Gasteiger partial charge on any atom is 0.352 e. The molecule has 14 nitrogen and oxygen atoms in total. The van der Waals surface area contributed by atoms with Crippen molar-refractivity contribution >= 4 is 65.5 Å². The number of hydrogen-bond acceptors (Lipinski definition) is 9. The minimum Gasteiger partial charge on any atom is -0.478 e. The van der Waals surface area contributed by atoms with E-state index in [-0.39, 0.29) is 26.0 Å². The second kappa shape index (κ2) is 9.90. The molecule has 3 aliphatic heterocycles. The average molecular weight is 567 g/mol. The number of β-lactam (4-membered cyclic amide) rings is 1. The number of fused-ring (bicyclic) bond motifs is 1. The van der Waals surface area contributed by atoms with Gasteiger partial charge in [0.2, 0.25) is 18.5 Å². The van der Waals surface area contributed by atoms with Crippen molar-refractivity contribution in [3.8, 4) is 0 Å². The number of nitrogens with zero attached hydrogens (tertiary/aromatic N) is 4. The predicted octanol–water partition coefficient (Wildman–Crippen LogP) is -1.44. The molecule has 0 saturated carbocycles. The van der Waals surface area contributed by atoms with Gasteiger partial charge in [-0.2, -0.15) is 0 Å².